The molecular formula is C18H18N4O2S. The van der Waals surface area contributed by atoms with Crippen LogP contribution in [0.15, 0.2) is 29.1 Å². The first-order chi connectivity index (χ1) is 12.1. The van der Waals surface area contributed by atoms with Crippen molar-refractivity contribution in [2.45, 2.75) is 31.3 Å². The number of hydrogen-bond acceptors (Lipinski definition) is 4. The van der Waals surface area contributed by atoms with Gasteiger partial charge in [-0.3, -0.25) is 14.3 Å². The monoisotopic (exact) mass is 354 g/mol. The minimum atomic E-state index is -0.375. The van der Waals surface area contributed by atoms with Crippen LogP contribution in [-0.4, -0.2) is 26.2 Å². The van der Waals surface area contributed by atoms with Gasteiger partial charge in [0.2, 0.25) is 5.88 Å². The lowest BCUT2D eigenvalue weighted by Crippen LogP contribution is -2.35. The molecule has 3 aromatic rings. The third kappa shape index (κ3) is 2.19. The molecule has 1 aromatic carbocycles. The van der Waals surface area contributed by atoms with Gasteiger partial charge in [-0.1, -0.05) is 18.2 Å². The van der Waals surface area contributed by atoms with Gasteiger partial charge in [0.05, 0.1) is 6.04 Å². The summed E-state index contributed by atoms with van der Waals surface area (Å²) < 4.78 is 1.98. The molecule has 0 saturated heterocycles. The average Bonchev–Trinajstić information content (AvgIpc) is 3.34. The minimum absolute atomic E-state index is 0.0137. The first-order valence-electron chi connectivity index (χ1n) is 8.55. The molecular weight excluding hydrogens is 336 g/mol. The summed E-state index contributed by atoms with van der Waals surface area (Å²) in [5.41, 5.74) is 3.22. The van der Waals surface area contributed by atoms with Crippen LogP contribution in [0, 0.1) is 4.77 Å². The van der Waals surface area contributed by atoms with Crippen molar-refractivity contribution >= 4 is 23.1 Å². The second-order valence-corrected chi connectivity index (χ2v) is 7.18. The number of fused-ring (bicyclic) bond motifs is 3. The molecule has 0 radical (unpaired) electrons. The molecule has 3 heterocycles. The van der Waals surface area contributed by atoms with Crippen LogP contribution in [0.3, 0.4) is 0 Å². The van der Waals surface area contributed by atoms with Crippen molar-refractivity contribution in [3.8, 4) is 5.88 Å². The van der Waals surface area contributed by atoms with Gasteiger partial charge in [-0.05, 0) is 43.1 Å². The highest BCUT2D eigenvalue weighted by Gasteiger charge is 2.33. The number of benzene rings is 1. The molecule has 0 spiro atoms. The standard InChI is InChI=1S/C18H18N4O2S/c23-16-13(17(24)22(9-5-6-9)18(25)21-16)15-14-11(7-8-19-15)10-3-1-2-4-12(10)20-14/h1-4,9,15,19-20,24H,5-8H2,(H,21,23,25)/t15-/m1/s1. The van der Waals surface area contributed by atoms with Crippen molar-refractivity contribution < 1.29 is 5.11 Å². The zero-order valence-electron chi connectivity index (χ0n) is 13.5. The predicted molar refractivity (Wildman–Crippen MR) is 97.7 cm³/mol. The molecule has 0 unspecified atom stereocenters. The summed E-state index contributed by atoms with van der Waals surface area (Å²) in [4.78, 5) is 18.8. The number of nitrogens with zero attached hydrogens (tertiary/aromatic N) is 1. The molecule has 1 aliphatic carbocycles. The SMILES string of the molecule is O=c1[nH]c(=S)n(C2CC2)c(O)c1[C@H]1NCCc2c1[nH]c1ccccc21. The highest BCUT2D eigenvalue weighted by atomic mass is 32.1. The number of hydrogen-bond donors (Lipinski definition) is 4. The first kappa shape index (κ1) is 14.9. The van der Waals surface area contributed by atoms with E-state index in [-0.39, 0.29) is 23.5 Å². The Morgan fingerprint density at radius 2 is 2.00 bits per heavy atom. The molecule has 4 N–H and O–H groups in total. The molecule has 6 nitrogen and oxygen atoms in total. The molecule has 1 saturated carbocycles. The van der Waals surface area contributed by atoms with Gasteiger partial charge in [0.25, 0.3) is 5.56 Å². The van der Waals surface area contributed by atoms with Crippen LogP contribution >= 0.6 is 12.2 Å². The molecule has 0 bridgehead atoms. The topological polar surface area (TPSA) is 85.8 Å². The maximum Gasteiger partial charge on any atom is 0.260 e. The number of para-hydroxylation sites is 1. The van der Waals surface area contributed by atoms with Crippen LogP contribution in [0.25, 0.3) is 10.9 Å². The Morgan fingerprint density at radius 1 is 1.20 bits per heavy atom. The van der Waals surface area contributed by atoms with Gasteiger partial charge in [-0.25, -0.2) is 0 Å². The fraction of sp³-hybridized carbons (Fsp3) is 0.333. The maximum atomic E-state index is 12.6. The first-order valence-corrected chi connectivity index (χ1v) is 8.96. The summed E-state index contributed by atoms with van der Waals surface area (Å²) in [5.74, 6) is -0.0137. The Kier molecular flexibility index (Phi) is 3.17. The van der Waals surface area contributed by atoms with Gasteiger partial charge in [-0.2, -0.15) is 0 Å². The number of rotatable bonds is 2. The summed E-state index contributed by atoms with van der Waals surface area (Å²) in [5, 5.41) is 15.4. The number of nitrogens with one attached hydrogen (secondary N) is 3. The van der Waals surface area contributed by atoms with E-state index in [4.69, 9.17) is 12.2 Å². The molecule has 5 rings (SSSR count). The van der Waals surface area contributed by atoms with E-state index in [0.717, 1.165) is 37.0 Å². The highest BCUT2D eigenvalue weighted by molar-refractivity contribution is 7.71. The Balaban J connectivity index is 1.75. The summed E-state index contributed by atoms with van der Waals surface area (Å²) in [6, 6.07) is 7.95. The van der Waals surface area contributed by atoms with Crippen molar-refractivity contribution in [1.29, 1.82) is 0 Å². The fourth-order valence-electron chi connectivity index (χ4n) is 3.91. The van der Waals surface area contributed by atoms with Crippen LogP contribution in [0.4, 0.5) is 0 Å². The van der Waals surface area contributed by atoms with Crippen LogP contribution in [0.1, 0.15) is 41.7 Å². The van der Waals surface area contributed by atoms with Gasteiger partial charge < -0.3 is 15.4 Å². The maximum absolute atomic E-state index is 12.6. The van der Waals surface area contributed by atoms with Crippen LogP contribution < -0.4 is 10.9 Å². The van der Waals surface area contributed by atoms with Crippen LogP contribution in [0.2, 0.25) is 0 Å². The summed E-state index contributed by atoms with van der Waals surface area (Å²) >= 11 is 5.25. The quantitative estimate of drug-likeness (QED) is 0.533. The van der Waals surface area contributed by atoms with Crippen molar-refractivity contribution in [2.24, 2.45) is 0 Å². The molecule has 2 aromatic heterocycles. The van der Waals surface area contributed by atoms with E-state index in [1.54, 1.807) is 4.57 Å². The molecule has 7 heteroatoms. The Labute approximate surface area is 148 Å². The van der Waals surface area contributed by atoms with E-state index >= 15 is 0 Å². The van der Waals surface area contributed by atoms with Gasteiger partial charge in [-0.15, -0.1) is 0 Å². The van der Waals surface area contributed by atoms with Crippen molar-refractivity contribution in [3.05, 3.63) is 56.2 Å². The zero-order valence-corrected chi connectivity index (χ0v) is 14.3. The zero-order chi connectivity index (χ0) is 17.1. The summed E-state index contributed by atoms with van der Waals surface area (Å²) in [6.07, 6.45) is 2.84. The largest absolute Gasteiger partial charge is 0.494 e. The number of H-pyrrole nitrogens is 2. The van der Waals surface area contributed by atoms with Gasteiger partial charge in [0.1, 0.15) is 5.56 Å². The van der Waals surface area contributed by atoms with Crippen molar-refractivity contribution in [1.82, 2.24) is 19.9 Å². The van der Waals surface area contributed by atoms with E-state index in [9.17, 15) is 9.90 Å². The highest BCUT2D eigenvalue weighted by Crippen LogP contribution is 2.41. The van der Waals surface area contributed by atoms with E-state index in [1.807, 2.05) is 18.2 Å². The van der Waals surface area contributed by atoms with Gasteiger partial charge in [0.15, 0.2) is 4.77 Å². The normalized spacial score (nSPS) is 19.9. The third-order valence-corrected chi connectivity index (χ3v) is 5.51. The molecule has 128 valence electrons. The molecule has 1 atom stereocenters. The van der Waals surface area contributed by atoms with E-state index in [1.165, 1.54) is 10.9 Å². The molecule has 2 aliphatic rings. The third-order valence-electron chi connectivity index (χ3n) is 5.21. The lowest BCUT2D eigenvalue weighted by Gasteiger charge is -2.25. The molecule has 0 amide bonds. The Bertz CT molecular complexity index is 1110. The average molecular weight is 354 g/mol. The second-order valence-electron chi connectivity index (χ2n) is 6.80. The van der Waals surface area contributed by atoms with E-state index in [2.05, 4.69) is 21.4 Å². The van der Waals surface area contributed by atoms with Crippen molar-refractivity contribution in [3.63, 3.8) is 0 Å². The van der Waals surface area contributed by atoms with Gasteiger partial charge >= 0.3 is 0 Å². The van der Waals surface area contributed by atoms with Crippen molar-refractivity contribution in [2.75, 3.05) is 6.54 Å². The number of aromatic hydroxyl groups is 1. The minimum Gasteiger partial charge on any atom is -0.494 e. The second kappa shape index (κ2) is 5.31. The van der Waals surface area contributed by atoms with Crippen LogP contribution in [-0.2, 0) is 6.42 Å². The number of aromatic amines is 2. The number of aromatic nitrogens is 3. The summed E-state index contributed by atoms with van der Waals surface area (Å²) in [7, 11) is 0. The smallest absolute Gasteiger partial charge is 0.260 e. The van der Waals surface area contributed by atoms with Crippen LogP contribution in [0.5, 0.6) is 5.88 Å². The molecule has 1 aliphatic heterocycles. The van der Waals surface area contributed by atoms with E-state index < -0.39 is 0 Å². The molecule has 25 heavy (non-hydrogen) atoms. The van der Waals surface area contributed by atoms with Gasteiger partial charge in [0, 0.05) is 29.2 Å². The summed E-state index contributed by atoms with van der Waals surface area (Å²) in [6.45, 7) is 0.747. The Morgan fingerprint density at radius 3 is 2.80 bits per heavy atom. The lowest BCUT2D eigenvalue weighted by molar-refractivity contribution is 0.387. The predicted octanol–water partition coefficient (Wildman–Crippen LogP) is 2.66. The fourth-order valence-corrected chi connectivity index (χ4v) is 4.24. The lowest BCUT2D eigenvalue weighted by atomic mass is 9.95. The molecule has 1 fully saturated rings. The Hall–Kier alpha value is -2.38. The van der Waals surface area contributed by atoms with E-state index in [0.29, 0.717) is 10.3 Å².